The van der Waals surface area contributed by atoms with Gasteiger partial charge in [0.1, 0.15) is 0 Å². The molecular formula is C22H25BrN4. The molecule has 1 aliphatic carbocycles. The zero-order valence-electron chi connectivity index (χ0n) is 16.0. The number of fused-ring (bicyclic) bond motifs is 1. The predicted octanol–water partition coefficient (Wildman–Crippen LogP) is 5.14. The van der Waals surface area contributed by atoms with Crippen molar-refractivity contribution < 1.29 is 0 Å². The van der Waals surface area contributed by atoms with Crippen molar-refractivity contribution in [1.82, 2.24) is 20.1 Å². The highest BCUT2D eigenvalue weighted by Crippen LogP contribution is 2.42. The maximum absolute atomic E-state index is 4.85. The van der Waals surface area contributed by atoms with E-state index in [1.807, 2.05) is 29.1 Å². The molecule has 27 heavy (non-hydrogen) atoms. The third-order valence-electron chi connectivity index (χ3n) is 5.29. The molecule has 1 aliphatic rings. The number of nitrogens with zero attached hydrogens (tertiary/aromatic N) is 3. The third-order valence-corrected chi connectivity index (χ3v) is 5.82. The lowest BCUT2D eigenvalue weighted by atomic mass is 9.73. The van der Waals surface area contributed by atoms with Crippen LogP contribution in [0.4, 0.5) is 0 Å². The van der Waals surface area contributed by atoms with Crippen molar-refractivity contribution in [2.24, 2.45) is 5.41 Å². The second-order valence-corrected chi connectivity index (χ2v) is 9.07. The molecule has 2 aromatic heterocycles. The van der Waals surface area contributed by atoms with E-state index >= 15 is 0 Å². The van der Waals surface area contributed by atoms with Crippen molar-refractivity contribution in [3.63, 3.8) is 0 Å². The molecule has 0 spiro atoms. The minimum absolute atomic E-state index is 0.212. The summed E-state index contributed by atoms with van der Waals surface area (Å²) in [6.07, 6.45) is 3.94. The Labute approximate surface area is 169 Å². The maximum Gasteiger partial charge on any atom is 0.153 e. The van der Waals surface area contributed by atoms with Crippen molar-refractivity contribution >= 4 is 15.9 Å². The molecule has 1 atom stereocenters. The highest BCUT2D eigenvalue weighted by molar-refractivity contribution is 9.10. The Morgan fingerprint density at radius 3 is 2.67 bits per heavy atom. The Hall–Kier alpha value is -1.98. The van der Waals surface area contributed by atoms with Gasteiger partial charge in [0, 0.05) is 28.8 Å². The fourth-order valence-electron chi connectivity index (χ4n) is 4.08. The molecule has 0 fully saturated rings. The van der Waals surface area contributed by atoms with Gasteiger partial charge in [0.25, 0.3) is 0 Å². The van der Waals surface area contributed by atoms with Gasteiger partial charge in [-0.1, -0.05) is 48.0 Å². The number of pyridine rings is 1. The van der Waals surface area contributed by atoms with Crippen molar-refractivity contribution in [2.45, 2.75) is 46.2 Å². The molecule has 4 rings (SSSR count). The lowest BCUT2D eigenvalue weighted by Crippen LogP contribution is -2.34. The zero-order chi connectivity index (χ0) is 19.0. The Kier molecular flexibility index (Phi) is 4.91. The predicted molar refractivity (Wildman–Crippen MR) is 112 cm³/mol. The monoisotopic (exact) mass is 424 g/mol. The van der Waals surface area contributed by atoms with Crippen LogP contribution in [0.3, 0.4) is 0 Å². The Bertz CT molecular complexity index is 929. The van der Waals surface area contributed by atoms with Gasteiger partial charge in [-0.15, -0.1) is 0 Å². The van der Waals surface area contributed by atoms with E-state index in [-0.39, 0.29) is 5.41 Å². The fourth-order valence-corrected chi connectivity index (χ4v) is 4.34. The van der Waals surface area contributed by atoms with Gasteiger partial charge >= 0.3 is 0 Å². The lowest BCUT2D eigenvalue weighted by Gasteiger charge is -2.36. The molecule has 0 saturated heterocycles. The van der Waals surface area contributed by atoms with E-state index in [0.717, 1.165) is 35.4 Å². The quantitative estimate of drug-likeness (QED) is 0.629. The number of halogens is 1. The van der Waals surface area contributed by atoms with Gasteiger partial charge in [0.05, 0.1) is 11.4 Å². The summed E-state index contributed by atoms with van der Waals surface area (Å²) < 4.78 is 3.15. The molecule has 140 valence electrons. The minimum atomic E-state index is 0.212. The van der Waals surface area contributed by atoms with Crippen molar-refractivity contribution in [2.75, 3.05) is 0 Å². The van der Waals surface area contributed by atoms with E-state index in [4.69, 9.17) is 5.10 Å². The summed E-state index contributed by atoms with van der Waals surface area (Å²) in [5, 5.41) is 8.64. The lowest BCUT2D eigenvalue weighted by molar-refractivity contribution is 0.252. The normalized spacial score (nSPS) is 18.3. The number of nitrogens with one attached hydrogen (secondary N) is 1. The van der Waals surface area contributed by atoms with E-state index in [9.17, 15) is 0 Å². The Morgan fingerprint density at radius 2 is 1.96 bits per heavy atom. The van der Waals surface area contributed by atoms with Gasteiger partial charge in [-0.05, 0) is 55.0 Å². The number of aromatic nitrogens is 3. The summed E-state index contributed by atoms with van der Waals surface area (Å²) in [4.78, 5) is 4.52. The van der Waals surface area contributed by atoms with Crippen molar-refractivity contribution in [3.05, 3.63) is 75.6 Å². The van der Waals surface area contributed by atoms with Crippen LogP contribution in [0, 0.1) is 12.3 Å². The summed E-state index contributed by atoms with van der Waals surface area (Å²) in [6, 6.07) is 14.8. The van der Waals surface area contributed by atoms with Gasteiger partial charge < -0.3 is 5.32 Å². The van der Waals surface area contributed by atoms with Crippen LogP contribution in [0.15, 0.2) is 53.1 Å². The molecule has 1 N–H and O–H groups in total. The molecular weight excluding hydrogens is 400 g/mol. The van der Waals surface area contributed by atoms with E-state index in [0.29, 0.717) is 6.04 Å². The molecule has 3 aromatic rings. The third kappa shape index (κ3) is 3.85. The van der Waals surface area contributed by atoms with Gasteiger partial charge in [-0.2, -0.15) is 5.10 Å². The Morgan fingerprint density at radius 1 is 1.19 bits per heavy atom. The molecule has 0 bridgehead atoms. The molecule has 0 radical (unpaired) electrons. The Balaban J connectivity index is 1.67. The van der Waals surface area contributed by atoms with Crippen LogP contribution in [-0.4, -0.2) is 14.8 Å². The standard InChI is InChI=1S/C22H25BrN4/c1-15-21-18(25-14-16-7-9-17(23)10-8-16)12-22(2,3)13-19(21)27(26-15)20-6-4-5-11-24-20/h4-11,18,25H,12-14H2,1-3H3. The summed E-state index contributed by atoms with van der Waals surface area (Å²) in [7, 11) is 0. The van der Waals surface area contributed by atoms with Crippen LogP contribution < -0.4 is 5.32 Å². The molecule has 1 unspecified atom stereocenters. The van der Waals surface area contributed by atoms with Crippen LogP contribution in [0.5, 0.6) is 0 Å². The zero-order valence-corrected chi connectivity index (χ0v) is 17.6. The van der Waals surface area contributed by atoms with Crippen molar-refractivity contribution in [3.8, 4) is 5.82 Å². The van der Waals surface area contributed by atoms with Gasteiger partial charge in [-0.25, -0.2) is 9.67 Å². The topological polar surface area (TPSA) is 42.7 Å². The highest BCUT2D eigenvalue weighted by Gasteiger charge is 2.36. The summed E-state index contributed by atoms with van der Waals surface area (Å²) in [5.74, 6) is 0.895. The number of aryl methyl sites for hydroxylation is 1. The van der Waals surface area contributed by atoms with Gasteiger partial charge in [0.15, 0.2) is 5.82 Å². The number of hydrogen-bond acceptors (Lipinski definition) is 3. The van der Waals surface area contributed by atoms with Crippen LogP contribution in [0.1, 0.15) is 48.8 Å². The maximum atomic E-state index is 4.85. The minimum Gasteiger partial charge on any atom is -0.306 e. The SMILES string of the molecule is Cc1nn(-c2ccccn2)c2c1C(NCc1ccc(Br)cc1)CC(C)(C)C2. The van der Waals surface area contributed by atoms with E-state index in [1.54, 1.807) is 0 Å². The molecule has 0 amide bonds. The van der Waals surface area contributed by atoms with E-state index in [2.05, 4.69) is 71.3 Å². The average Bonchev–Trinajstić information content (AvgIpc) is 2.97. The molecule has 1 aromatic carbocycles. The van der Waals surface area contributed by atoms with Crippen LogP contribution >= 0.6 is 15.9 Å². The second kappa shape index (κ2) is 7.21. The van der Waals surface area contributed by atoms with Crippen LogP contribution in [-0.2, 0) is 13.0 Å². The number of rotatable bonds is 4. The highest BCUT2D eigenvalue weighted by atomic mass is 79.9. The molecule has 5 heteroatoms. The summed E-state index contributed by atoms with van der Waals surface area (Å²) >= 11 is 3.51. The van der Waals surface area contributed by atoms with E-state index in [1.165, 1.54) is 16.8 Å². The van der Waals surface area contributed by atoms with Crippen molar-refractivity contribution in [1.29, 1.82) is 0 Å². The van der Waals surface area contributed by atoms with Crippen LogP contribution in [0.25, 0.3) is 5.82 Å². The molecule has 4 nitrogen and oxygen atoms in total. The molecule has 2 heterocycles. The van der Waals surface area contributed by atoms with Gasteiger partial charge in [0.2, 0.25) is 0 Å². The molecule has 0 aliphatic heterocycles. The van der Waals surface area contributed by atoms with E-state index < -0.39 is 0 Å². The molecule has 0 saturated carbocycles. The first-order valence-corrected chi connectivity index (χ1v) is 10.2. The first-order chi connectivity index (χ1) is 12.9. The van der Waals surface area contributed by atoms with Gasteiger partial charge in [-0.3, -0.25) is 0 Å². The summed E-state index contributed by atoms with van der Waals surface area (Å²) in [6.45, 7) is 7.65. The first-order valence-electron chi connectivity index (χ1n) is 9.41. The largest absolute Gasteiger partial charge is 0.306 e. The average molecular weight is 425 g/mol. The first kappa shape index (κ1) is 18.4. The smallest absolute Gasteiger partial charge is 0.153 e. The number of hydrogen-bond donors (Lipinski definition) is 1. The van der Waals surface area contributed by atoms with Crippen LogP contribution in [0.2, 0.25) is 0 Å². The second-order valence-electron chi connectivity index (χ2n) is 8.15. The number of benzene rings is 1. The summed E-state index contributed by atoms with van der Waals surface area (Å²) in [5.41, 5.74) is 5.23. The fraction of sp³-hybridized carbons (Fsp3) is 0.364.